The Hall–Kier alpha value is -8.15. The van der Waals surface area contributed by atoms with Crippen LogP contribution in [-0.2, 0) is 0 Å². The van der Waals surface area contributed by atoms with Crippen molar-refractivity contribution in [3.63, 3.8) is 0 Å². The Bertz CT molecular complexity index is 3520. The predicted octanol–water partition coefficient (Wildman–Crippen LogP) is 14.4. The van der Waals surface area contributed by atoms with E-state index in [4.69, 9.17) is 19.4 Å². The topological polar surface area (TPSA) is 56.7 Å². The minimum atomic E-state index is 0.666. The quantitative estimate of drug-likeness (QED) is 0.169. The molecule has 0 saturated carbocycles. The van der Waals surface area contributed by atoms with E-state index in [0.29, 0.717) is 5.82 Å². The molecular weight excluding hydrogens is 733 g/mol. The molecule has 0 aliphatic rings. The Labute approximate surface area is 345 Å². The lowest BCUT2D eigenvalue weighted by Gasteiger charge is -2.13. The molecule has 60 heavy (non-hydrogen) atoms. The van der Waals surface area contributed by atoms with Crippen molar-refractivity contribution in [2.24, 2.45) is 0 Å². The highest BCUT2D eigenvalue weighted by molar-refractivity contribution is 6.24. The minimum Gasteiger partial charge on any atom is -0.454 e. The average molecular weight is 767 g/mol. The number of pyridine rings is 1. The molecule has 5 heteroatoms. The molecule has 0 amide bonds. The Morgan fingerprint density at radius 2 is 0.933 bits per heavy atom. The van der Waals surface area contributed by atoms with Gasteiger partial charge in [-0.25, -0.2) is 15.0 Å². The van der Waals surface area contributed by atoms with Gasteiger partial charge in [-0.1, -0.05) is 164 Å². The van der Waals surface area contributed by atoms with Gasteiger partial charge in [0.25, 0.3) is 0 Å². The number of rotatable bonds is 6. The molecule has 280 valence electrons. The lowest BCUT2D eigenvalue weighted by atomic mass is 9.95. The first-order chi connectivity index (χ1) is 29.7. The van der Waals surface area contributed by atoms with Crippen molar-refractivity contribution in [1.29, 1.82) is 0 Å². The van der Waals surface area contributed by atoms with E-state index in [1.54, 1.807) is 0 Å². The summed E-state index contributed by atoms with van der Waals surface area (Å²) in [7, 11) is 0. The fourth-order valence-corrected chi connectivity index (χ4v) is 8.82. The first kappa shape index (κ1) is 33.9. The van der Waals surface area contributed by atoms with Crippen molar-refractivity contribution < 1.29 is 4.42 Å². The van der Waals surface area contributed by atoms with E-state index in [-0.39, 0.29) is 0 Å². The van der Waals surface area contributed by atoms with Crippen molar-refractivity contribution in [1.82, 2.24) is 19.5 Å². The van der Waals surface area contributed by atoms with Crippen molar-refractivity contribution in [3.8, 4) is 62.0 Å². The van der Waals surface area contributed by atoms with Gasteiger partial charge in [-0.2, -0.15) is 0 Å². The molecule has 12 aromatic rings. The molecule has 0 spiro atoms. The molecule has 8 aromatic carbocycles. The van der Waals surface area contributed by atoms with Crippen LogP contribution in [0.2, 0.25) is 0 Å². The number of hydrogen-bond acceptors (Lipinski definition) is 4. The number of hydrogen-bond donors (Lipinski definition) is 0. The Kier molecular flexibility index (Phi) is 7.78. The maximum Gasteiger partial charge on any atom is 0.162 e. The second-order valence-corrected chi connectivity index (χ2v) is 15.2. The van der Waals surface area contributed by atoms with Gasteiger partial charge in [0, 0.05) is 54.9 Å². The van der Waals surface area contributed by atoms with Crippen LogP contribution in [0.4, 0.5) is 0 Å². The molecule has 12 rings (SSSR count). The number of furan rings is 1. The monoisotopic (exact) mass is 766 g/mol. The summed E-state index contributed by atoms with van der Waals surface area (Å²) in [5, 5.41) is 5.70. The highest BCUT2D eigenvalue weighted by atomic mass is 16.3. The van der Waals surface area contributed by atoms with Crippen molar-refractivity contribution >= 4 is 54.6 Å². The lowest BCUT2D eigenvalue weighted by Crippen LogP contribution is -1.97. The summed E-state index contributed by atoms with van der Waals surface area (Å²) in [5.41, 5.74) is 14.8. The lowest BCUT2D eigenvalue weighted by molar-refractivity contribution is 0.669. The molecule has 0 unspecified atom stereocenters. The third-order valence-corrected chi connectivity index (χ3v) is 11.6. The number of aromatic nitrogens is 4. The van der Waals surface area contributed by atoms with Crippen LogP contribution in [0, 0.1) is 0 Å². The standard InChI is InChI=1S/C55H34N4O/c1-3-14-36(15-4-1)46-34-47(37-30-32-40(33-31-37)59-48-23-10-7-18-42(48)43-19-8-11-24-49(43)59)58-55(57-46)39-28-26-35(27-29-39)41-21-13-22-45-51(41)52-44-20-9-12-25-50(44)60-54(52)53(56-45)38-16-5-2-6-17-38/h1-34H. The molecule has 0 fully saturated rings. The van der Waals surface area contributed by atoms with Crippen LogP contribution < -0.4 is 0 Å². The zero-order valence-corrected chi connectivity index (χ0v) is 32.3. The Morgan fingerprint density at radius 1 is 0.383 bits per heavy atom. The number of nitrogens with zero attached hydrogens (tertiary/aromatic N) is 4. The van der Waals surface area contributed by atoms with Gasteiger partial charge in [-0.15, -0.1) is 0 Å². The van der Waals surface area contributed by atoms with E-state index in [9.17, 15) is 0 Å². The molecular formula is C55H34N4O. The van der Waals surface area contributed by atoms with Gasteiger partial charge in [0.2, 0.25) is 0 Å². The first-order valence-electron chi connectivity index (χ1n) is 20.2. The Morgan fingerprint density at radius 3 is 1.62 bits per heavy atom. The van der Waals surface area contributed by atoms with E-state index in [0.717, 1.165) is 89.0 Å². The number of fused-ring (bicyclic) bond motifs is 8. The highest BCUT2D eigenvalue weighted by Gasteiger charge is 2.21. The summed E-state index contributed by atoms with van der Waals surface area (Å²) in [4.78, 5) is 15.6. The molecule has 0 aliphatic heterocycles. The van der Waals surface area contributed by atoms with E-state index in [2.05, 4.69) is 162 Å². The summed E-state index contributed by atoms with van der Waals surface area (Å²) in [6, 6.07) is 71.8. The van der Waals surface area contributed by atoms with Crippen LogP contribution >= 0.6 is 0 Å². The van der Waals surface area contributed by atoms with Crippen LogP contribution in [0.25, 0.3) is 117 Å². The van der Waals surface area contributed by atoms with Crippen LogP contribution in [0.15, 0.2) is 211 Å². The average Bonchev–Trinajstić information content (AvgIpc) is 3.88. The maximum atomic E-state index is 6.59. The van der Waals surface area contributed by atoms with E-state index < -0.39 is 0 Å². The summed E-state index contributed by atoms with van der Waals surface area (Å²) in [6.07, 6.45) is 0. The summed E-state index contributed by atoms with van der Waals surface area (Å²) in [5.74, 6) is 0.666. The van der Waals surface area contributed by atoms with Gasteiger partial charge in [0.05, 0.1) is 27.9 Å². The SMILES string of the molecule is c1ccc(-c2cc(-c3ccc(-n4c5ccccc5c5ccccc54)cc3)nc(-c3ccc(-c4cccc5nc(-c6ccccc6)c6oc7ccccc7c6c45)cc3)n2)cc1. The smallest absolute Gasteiger partial charge is 0.162 e. The summed E-state index contributed by atoms with van der Waals surface area (Å²) >= 11 is 0. The second kappa shape index (κ2) is 13.8. The fourth-order valence-electron chi connectivity index (χ4n) is 8.82. The van der Waals surface area contributed by atoms with Crippen molar-refractivity contribution in [3.05, 3.63) is 206 Å². The van der Waals surface area contributed by atoms with Crippen LogP contribution in [0.3, 0.4) is 0 Å². The molecule has 0 saturated heterocycles. The van der Waals surface area contributed by atoms with Gasteiger partial charge in [0.1, 0.15) is 11.3 Å². The molecule has 0 aliphatic carbocycles. The number of para-hydroxylation sites is 3. The van der Waals surface area contributed by atoms with Gasteiger partial charge in [0.15, 0.2) is 11.4 Å². The minimum absolute atomic E-state index is 0.666. The van der Waals surface area contributed by atoms with Crippen molar-refractivity contribution in [2.75, 3.05) is 0 Å². The Balaban J connectivity index is 0.968. The molecule has 0 N–H and O–H groups in total. The summed E-state index contributed by atoms with van der Waals surface area (Å²) < 4.78 is 8.93. The third-order valence-electron chi connectivity index (χ3n) is 11.6. The zero-order valence-electron chi connectivity index (χ0n) is 32.3. The molecule has 4 heterocycles. The van der Waals surface area contributed by atoms with Crippen LogP contribution in [0.1, 0.15) is 0 Å². The van der Waals surface area contributed by atoms with Gasteiger partial charge in [-0.05, 0) is 53.6 Å². The van der Waals surface area contributed by atoms with E-state index >= 15 is 0 Å². The highest BCUT2D eigenvalue weighted by Crippen LogP contribution is 2.43. The van der Waals surface area contributed by atoms with Crippen LogP contribution in [-0.4, -0.2) is 19.5 Å². The van der Waals surface area contributed by atoms with Crippen molar-refractivity contribution in [2.45, 2.75) is 0 Å². The number of benzene rings is 8. The second-order valence-electron chi connectivity index (χ2n) is 15.2. The molecule has 0 atom stereocenters. The molecule has 0 radical (unpaired) electrons. The normalized spacial score (nSPS) is 11.7. The van der Waals surface area contributed by atoms with Gasteiger partial charge in [-0.3, -0.25) is 0 Å². The first-order valence-corrected chi connectivity index (χ1v) is 20.2. The fraction of sp³-hybridized carbons (Fsp3) is 0. The van der Waals surface area contributed by atoms with E-state index in [1.807, 2.05) is 48.5 Å². The molecule has 4 aromatic heterocycles. The predicted molar refractivity (Wildman–Crippen MR) is 246 cm³/mol. The maximum absolute atomic E-state index is 6.59. The van der Waals surface area contributed by atoms with Crippen LogP contribution in [0.5, 0.6) is 0 Å². The molecule has 5 nitrogen and oxygen atoms in total. The summed E-state index contributed by atoms with van der Waals surface area (Å²) in [6.45, 7) is 0. The van der Waals surface area contributed by atoms with Gasteiger partial charge >= 0.3 is 0 Å². The van der Waals surface area contributed by atoms with E-state index in [1.165, 1.54) is 21.8 Å². The third kappa shape index (κ3) is 5.52. The van der Waals surface area contributed by atoms with Gasteiger partial charge < -0.3 is 8.98 Å². The largest absolute Gasteiger partial charge is 0.454 e. The zero-order chi connectivity index (χ0) is 39.6. The molecule has 0 bridgehead atoms.